The van der Waals surface area contributed by atoms with Crippen LogP contribution in [0.2, 0.25) is 0 Å². The summed E-state index contributed by atoms with van der Waals surface area (Å²) in [6, 6.07) is 11.1. The van der Waals surface area contributed by atoms with Crippen LogP contribution in [0.4, 0.5) is 0 Å². The number of rotatable bonds is 8. The van der Waals surface area contributed by atoms with Crippen LogP contribution in [-0.4, -0.2) is 48.3 Å². The molecule has 3 rings (SSSR count). The Morgan fingerprint density at radius 2 is 1.90 bits per heavy atom. The van der Waals surface area contributed by atoms with E-state index in [4.69, 9.17) is 18.7 Å². The minimum atomic E-state index is -0.658. The first-order chi connectivity index (χ1) is 14.8. The Balaban J connectivity index is 1.68. The number of amides is 1. The van der Waals surface area contributed by atoms with Crippen molar-refractivity contribution in [3.8, 4) is 28.6 Å². The highest BCUT2D eigenvalue weighted by atomic mass is 16.5. The fraction of sp³-hybridized carbons (Fsp3) is 0.348. The predicted octanol–water partition coefficient (Wildman–Crippen LogP) is 3.80. The number of benzene rings is 2. The second kappa shape index (κ2) is 9.51. The molecule has 1 atom stereocenters. The van der Waals surface area contributed by atoms with Crippen LogP contribution < -0.4 is 14.2 Å². The van der Waals surface area contributed by atoms with Crippen LogP contribution >= 0.6 is 0 Å². The number of carbonyl (C=O) groups is 1. The molecule has 0 aliphatic heterocycles. The lowest BCUT2D eigenvalue weighted by Crippen LogP contribution is -2.37. The van der Waals surface area contributed by atoms with Crippen LogP contribution in [0.3, 0.4) is 0 Å². The van der Waals surface area contributed by atoms with E-state index in [0.717, 1.165) is 11.1 Å². The molecule has 0 aliphatic rings. The van der Waals surface area contributed by atoms with Gasteiger partial charge in [0.25, 0.3) is 5.91 Å². The highest BCUT2D eigenvalue weighted by Crippen LogP contribution is 2.31. The normalized spacial score (nSPS) is 11.7. The van der Waals surface area contributed by atoms with Crippen LogP contribution in [0.15, 0.2) is 40.9 Å². The molecule has 8 nitrogen and oxygen atoms in total. The Morgan fingerprint density at radius 1 is 1.13 bits per heavy atom. The van der Waals surface area contributed by atoms with Crippen molar-refractivity contribution in [2.24, 2.45) is 0 Å². The van der Waals surface area contributed by atoms with Crippen molar-refractivity contribution in [3.63, 3.8) is 0 Å². The predicted molar refractivity (Wildman–Crippen MR) is 115 cm³/mol. The second-order valence-electron chi connectivity index (χ2n) is 7.23. The molecule has 164 valence electrons. The number of hydrogen-bond acceptors (Lipinski definition) is 7. The first-order valence-corrected chi connectivity index (χ1v) is 9.86. The molecule has 0 bridgehead atoms. The monoisotopic (exact) mass is 425 g/mol. The molecule has 0 fully saturated rings. The Morgan fingerprint density at radius 3 is 2.61 bits per heavy atom. The molecule has 0 radical (unpaired) electrons. The van der Waals surface area contributed by atoms with Crippen LogP contribution in [0, 0.1) is 13.8 Å². The third-order valence-electron chi connectivity index (χ3n) is 5.07. The summed E-state index contributed by atoms with van der Waals surface area (Å²) in [4.78, 5) is 18.7. The van der Waals surface area contributed by atoms with Crippen molar-refractivity contribution >= 4 is 5.91 Å². The van der Waals surface area contributed by atoms with Gasteiger partial charge in [0.05, 0.1) is 26.3 Å². The molecule has 0 aliphatic carbocycles. The quantitative estimate of drug-likeness (QED) is 0.542. The third kappa shape index (κ3) is 4.96. The molecular weight excluding hydrogens is 398 g/mol. The highest BCUT2D eigenvalue weighted by molar-refractivity contribution is 5.80. The van der Waals surface area contributed by atoms with E-state index in [1.165, 1.54) is 4.90 Å². The summed E-state index contributed by atoms with van der Waals surface area (Å²) in [5.41, 5.74) is 2.79. The molecule has 3 aromatic rings. The third-order valence-corrected chi connectivity index (χ3v) is 5.07. The van der Waals surface area contributed by atoms with E-state index in [9.17, 15) is 4.79 Å². The standard InChI is InChI=1S/C23H27N3O5/c1-14-8-7-9-19(15(14)2)30-16(3)23(27)26(4)13-21-24-22(25-31-21)18-11-10-17(28-5)12-20(18)29-6/h7-12,16H,13H2,1-6H3/t16-/m1/s1. The van der Waals surface area contributed by atoms with E-state index in [-0.39, 0.29) is 12.5 Å². The lowest BCUT2D eigenvalue weighted by molar-refractivity contribution is -0.137. The molecule has 1 aromatic heterocycles. The van der Waals surface area contributed by atoms with E-state index in [1.807, 2.05) is 32.0 Å². The van der Waals surface area contributed by atoms with Gasteiger partial charge in [-0.15, -0.1) is 0 Å². The number of likely N-dealkylation sites (N-methyl/N-ethyl adjacent to an activating group) is 1. The number of hydrogen-bond donors (Lipinski definition) is 0. The Bertz CT molecular complexity index is 1060. The Labute approximate surface area is 181 Å². The molecule has 1 heterocycles. The van der Waals surface area contributed by atoms with Crippen molar-refractivity contribution in [1.82, 2.24) is 15.0 Å². The molecule has 0 saturated carbocycles. The van der Waals surface area contributed by atoms with Gasteiger partial charge < -0.3 is 23.6 Å². The fourth-order valence-electron chi connectivity index (χ4n) is 3.10. The van der Waals surface area contributed by atoms with Gasteiger partial charge in [-0.05, 0) is 50.1 Å². The maximum Gasteiger partial charge on any atom is 0.263 e. The Hall–Kier alpha value is -3.55. The summed E-state index contributed by atoms with van der Waals surface area (Å²) in [6.07, 6.45) is -0.658. The largest absolute Gasteiger partial charge is 0.497 e. The summed E-state index contributed by atoms with van der Waals surface area (Å²) in [5.74, 6) is 2.40. The first kappa shape index (κ1) is 22.1. The van der Waals surface area contributed by atoms with Crippen molar-refractivity contribution in [2.45, 2.75) is 33.4 Å². The number of methoxy groups -OCH3 is 2. The van der Waals surface area contributed by atoms with Crippen LogP contribution in [-0.2, 0) is 11.3 Å². The van der Waals surface area contributed by atoms with Crippen molar-refractivity contribution in [3.05, 3.63) is 53.4 Å². The second-order valence-corrected chi connectivity index (χ2v) is 7.23. The zero-order chi connectivity index (χ0) is 22.5. The van der Waals surface area contributed by atoms with E-state index in [2.05, 4.69) is 10.1 Å². The highest BCUT2D eigenvalue weighted by Gasteiger charge is 2.23. The number of ether oxygens (including phenoxy) is 3. The van der Waals surface area contributed by atoms with E-state index in [0.29, 0.717) is 34.5 Å². The summed E-state index contributed by atoms with van der Waals surface area (Å²) in [5, 5.41) is 4.02. The molecule has 2 aromatic carbocycles. The van der Waals surface area contributed by atoms with Gasteiger partial charge >= 0.3 is 0 Å². The molecular formula is C23H27N3O5. The van der Waals surface area contributed by atoms with Crippen LogP contribution in [0.25, 0.3) is 11.4 Å². The van der Waals surface area contributed by atoms with Crippen molar-refractivity contribution in [1.29, 1.82) is 0 Å². The van der Waals surface area contributed by atoms with Crippen molar-refractivity contribution in [2.75, 3.05) is 21.3 Å². The topological polar surface area (TPSA) is 86.9 Å². The number of carbonyl (C=O) groups excluding carboxylic acids is 1. The van der Waals surface area contributed by atoms with Gasteiger partial charge in [-0.3, -0.25) is 4.79 Å². The maximum absolute atomic E-state index is 12.8. The van der Waals surface area contributed by atoms with Gasteiger partial charge in [0.15, 0.2) is 6.10 Å². The van der Waals surface area contributed by atoms with Gasteiger partial charge in [0, 0.05) is 13.1 Å². The molecule has 1 amide bonds. The minimum absolute atomic E-state index is 0.158. The van der Waals surface area contributed by atoms with E-state index < -0.39 is 6.10 Å². The van der Waals surface area contributed by atoms with Crippen LogP contribution in [0.5, 0.6) is 17.2 Å². The smallest absolute Gasteiger partial charge is 0.263 e. The zero-order valence-corrected chi connectivity index (χ0v) is 18.6. The molecule has 0 saturated heterocycles. The fourth-order valence-corrected chi connectivity index (χ4v) is 3.10. The van der Waals surface area contributed by atoms with Gasteiger partial charge in [-0.25, -0.2) is 0 Å². The van der Waals surface area contributed by atoms with Gasteiger partial charge in [0.1, 0.15) is 17.2 Å². The Kier molecular flexibility index (Phi) is 6.79. The summed E-state index contributed by atoms with van der Waals surface area (Å²) in [7, 11) is 4.81. The first-order valence-electron chi connectivity index (χ1n) is 9.86. The molecule has 0 unspecified atom stereocenters. The zero-order valence-electron chi connectivity index (χ0n) is 18.6. The molecule has 8 heteroatoms. The van der Waals surface area contributed by atoms with Gasteiger partial charge in [0.2, 0.25) is 11.7 Å². The van der Waals surface area contributed by atoms with Crippen LogP contribution in [0.1, 0.15) is 23.9 Å². The SMILES string of the molecule is COc1ccc(-c2noc(CN(C)C(=O)[C@@H](C)Oc3cccc(C)c3C)n2)c(OC)c1. The lowest BCUT2D eigenvalue weighted by atomic mass is 10.1. The number of nitrogens with zero attached hydrogens (tertiary/aromatic N) is 3. The molecule has 31 heavy (non-hydrogen) atoms. The average Bonchev–Trinajstić information content (AvgIpc) is 3.23. The maximum atomic E-state index is 12.8. The van der Waals surface area contributed by atoms with Gasteiger partial charge in [-0.2, -0.15) is 4.98 Å². The summed E-state index contributed by atoms with van der Waals surface area (Å²) >= 11 is 0. The van der Waals surface area contributed by atoms with Crippen molar-refractivity contribution < 1.29 is 23.5 Å². The summed E-state index contributed by atoms with van der Waals surface area (Å²) in [6.45, 7) is 5.86. The molecule has 0 spiro atoms. The van der Waals surface area contributed by atoms with E-state index >= 15 is 0 Å². The van der Waals surface area contributed by atoms with Gasteiger partial charge in [-0.1, -0.05) is 17.3 Å². The number of aromatic nitrogens is 2. The summed E-state index contributed by atoms with van der Waals surface area (Å²) < 4.78 is 21.8. The average molecular weight is 425 g/mol. The minimum Gasteiger partial charge on any atom is -0.497 e. The van der Waals surface area contributed by atoms with E-state index in [1.54, 1.807) is 46.4 Å². The number of aryl methyl sites for hydroxylation is 1. The molecule has 0 N–H and O–H groups in total. The lowest BCUT2D eigenvalue weighted by Gasteiger charge is -2.21.